The second-order valence-electron chi connectivity index (χ2n) is 2.03. The third-order valence-electron chi connectivity index (χ3n) is 1.18. The van der Waals surface area contributed by atoms with Gasteiger partial charge >= 0.3 is 0 Å². The first-order valence-corrected chi connectivity index (χ1v) is 3.72. The van der Waals surface area contributed by atoms with Gasteiger partial charge in [0.25, 0.3) is 5.91 Å². The lowest BCUT2D eigenvalue weighted by molar-refractivity contribution is 0.0437. The van der Waals surface area contributed by atoms with Crippen molar-refractivity contribution in [3.63, 3.8) is 0 Å². The standard InChI is InChI=1S/C8H6ClNO3/c1-2-4-13-10-8(11)6-3-5-12-7(6)9/h1,3,5H,4H2,(H,10,11). The maximum absolute atomic E-state index is 11.2. The summed E-state index contributed by atoms with van der Waals surface area (Å²) in [5.74, 6) is 1.70. The Kier molecular flexibility index (Phi) is 3.38. The van der Waals surface area contributed by atoms with Gasteiger partial charge in [-0.25, -0.2) is 5.48 Å². The van der Waals surface area contributed by atoms with E-state index in [-0.39, 0.29) is 17.4 Å². The van der Waals surface area contributed by atoms with E-state index in [2.05, 4.69) is 16.2 Å². The van der Waals surface area contributed by atoms with Crippen molar-refractivity contribution in [2.24, 2.45) is 0 Å². The van der Waals surface area contributed by atoms with Crippen LogP contribution >= 0.6 is 11.6 Å². The molecule has 4 nitrogen and oxygen atoms in total. The fraction of sp³-hybridized carbons (Fsp3) is 0.125. The van der Waals surface area contributed by atoms with E-state index in [0.29, 0.717) is 0 Å². The molecule has 0 unspecified atom stereocenters. The summed E-state index contributed by atoms with van der Waals surface area (Å²) in [6, 6.07) is 1.43. The van der Waals surface area contributed by atoms with Crippen molar-refractivity contribution in [2.75, 3.05) is 6.61 Å². The molecule has 0 bridgehead atoms. The molecule has 0 saturated heterocycles. The zero-order valence-corrected chi connectivity index (χ0v) is 7.30. The summed E-state index contributed by atoms with van der Waals surface area (Å²) >= 11 is 5.52. The maximum Gasteiger partial charge on any atom is 0.279 e. The molecule has 0 aromatic carbocycles. The van der Waals surface area contributed by atoms with Gasteiger partial charge in [-0.05, 0) is 17.7 Å². The van der Waals surface area contributed by atoms with E-state index < -0.39 is 5.91 Å². The SMILES string of the molecule is C#CCONC(=O)c1ccoc1Cl. The number of amides is 1. The molecule has 0 saturated carbocycles. The number of hydroxylamine groups is 1. The Balaban J connectivity index is 2.50. The Labute approximate surface area is 79.8 Å². The molecule has 5 heteroatoms. The Morgan fingerprint density at radius 3 is 3.15 bits per heavy atom. The molecule has 0 atom stereocenters. The molecule has 1 heterocycles. The number of terminal acetylenes is 1. The van der Waals surface area contributed by atoms with Gasteiger partial charge in [-0.2, -0.15) is 0 Å². The largest absolute Gasteiger partial charge is 0.452 e. The predicted molar refractivity (Wildman–Crippen MR) is 46.0 cm³/mol. The van der Waals surface area contributed by atoms with Crippen molar-refractivity contribution >= 4 is 17.5 Å². The Morgan fingerprint density at radius 2 is 2.62 bits per heavy atom. The lowest BCUT2D eigenvalue weighted by Crippen LogP contribution is -2.23. The molecule has 1 rings (SSSR count). The van der Waals surface area contributed by atoms with E-state index in [9.17, 15) is 4.79 Å². The van der Waals surface area contributed by atoms with E-state index in [1.165, 1.54) is 12.3 Å². The van der Waals surface area contributed by atoms with Gasteiger partial charge in [0.1, 0.15) is 6.61 Å². The van der Waals surface area contributed by atoms with Gasteiger partial charge < -0.3 is 4.42 Å². The van der Waals surface area contributed by atoms with Gasteiger partial charge in [0.2, 0.25) is 5.22 Å². The number of carbonyl (C=O) groups is 1. The summed E-state index contributed by atoms with van der Waals surface area (Å²) in [5, 5.41) is 0.0156. The number of carbonyl (C=O) groups excluding carboxylic acids is 1. The van der Waals surface area contributed by atoms with E-state index >= 15 is 0 Å². The van der Waals surface area contributed by atoms with Crippen LogP contribution in [0.4, 0.5) is 0 Å². The zero-order valence-electron chi connectivity index (χ0n) is 6.54. The highest BCUT2D eigenvalue weighted by molar-refractivity contribution is 6.32. The van der Waals surface area contributed by atoms with Crippen molar-refractivity contribution < 1.29 is 14.0 Å². The van der Waals surface area contributed by atoms with Crippen LogP contribution in [0.3, 0.4) is 0 Å². The highest BCUT2D eigenvalue weighted by Crippen LogP contribution is 2.15. The minimum Gasteiger partial charge on any atom is -0.452 e. The predicted octanol–water partition coefficient (Wildman–Crippen LogP) is 1.23. The van der Waals surface area contributed by atoms with Crippen molar-refractivity contribution in [1.82, 2.24) is 5.48 Å². The van der Waals surface area contributed by atoms with E-state index in [1.807, 2.05) is 0 Å². The van der Waals surface area contributed by atoms with E-state index in [0.717, 1.165) is 0 Å². The van der Waals surface area contributed by atoms with E-state index in [4.69, 9.17) is 22.4 Å². The maximum atomic E-state index is 11.2. The Morgan fingerprint density at radius 1 is 1.85 bits per heavy atom. The summed E-state index contributed by atoms with van der Waals surface area (Å²) < 4.78 is 4.70. The summed E-state index contributed by atoms with van der Waals surface area (Å²) in [7, 11) is 0. The Bertz CT molecular complexity index is 339. The van der Waals surface area contributed by atoms with Gasteiger partial charge in [0.15, 0.2) is 0 Å². The summed E-state index contributed by atoms with van der Waals surface area (Å²) in [4.78, 5) is 15.7. The number of hydrogen-bond donors (Lipinski definition) is 1. The summed E-state index contributed by atoms with van der Waals surface area (Å²) in [6.07, 6.45) is 6.20. The zero-order chi connectivity index (χ0) is 9.68. The van der Waals surface area contributed by atoms with Crippen LogP contribution in [0.25, 0.3) is 0 Å². The van der Waals surface area contributed by atoms with Crippen molar-refractivity contribution in [3.05, 3.63) is 23.1 Å². The molecule has 0 spiro atoms. The summed E-state index contributed by atoms with van der Waals surface area (Å²) in [5.41, 5.74) is 2.31. The Hall–Kier alpha value is -1.44. The van der Waals surface area contributed by atoms with Crippen LogP contribution in [0.15, 0.2) is 16.7 Å². The van der Waals surface area contributed by atoms with Gasteiger partial charge in [-0.15, -0.1) is 6.42 Å². The third kappa shape index (κ3) is 2.51. The molecular weight excluding hydrogens is 194 g/mol. The molecule has 13 heavy (non-hydrogen) atoms. The first-order valence-electron chi connectivity index (χ1n) is 3.34. The van der Waals surface area contributed by atoms with Crippen LogP contribution in [-0.2, 0) is 4.84 Å². The average Bonchev–Trinajstić information content (AvgIpc) is 2.52. The van der Waals surface area contributed by atoms with Gasteiger partial charge in [-0.3, -0.25) is 9.63 Å². The van der Waals surface area contributed by atoms with Gasteiger partial charge in [0.05, 0.1) is 11.8 Å². The lowest BCUT2D eigenvalue weighted by atomic mass is 10.3. The fourth-order valence-corrected chi connectivity index (χ4v) is 0.854. The van der Waals surface area contributed by atoms with Crippen molar-refractivity contribution in [2.45, 2.75) is 0 Å². The molecule has 0 aliphatic heterocycles. The first-order chi connectivity index (χ1) is 6.25. The highest BCUT2D eigenvalue weighted by Gasteiger charge is 2.12. The molecule has 1 aromatic heterocycles. The normalized spacial score (nSPS) is 9.23. The highest BCUT2D eigenvalue weighted by atomic mass is 35.5. The second kappa shape index (κ2) is 4.55. The average molecular weight is 200 g/mol. The molecule has 0 radical (unpaired) electrons. The molecule has 0 aliphatic carbocycles. The number of rotatable bonds is 3. The first kappa shape index (κ1) is 9.65. The summed E-state index contributed by atoms with van der Waals surface area (Å²) in [6.45, 7) is 0.00120. The quantitative estimate of drug-likeness (QED) is 0.453. The van der Waals surface area contributed by atoms with Gasteiger partial charge in [0, 0.05) is 0 Å². The van der Waals surface area contributed by atoms with Gasteiger partial charge in [-0.1, -0.05) is 5.92 Å². The molecule has 1 N–H and O–H groups in total. The van der Waals surface area contributed by atoms with Crippen LogP contribution < -0.4 is 5.48 Å². The molecule has 0 aliphatic rings. The van der Waals surface area contributed by atoms with Crippen LogP contribution in [-0.4, -0.2) is 12.5 Å². The lowest BCUT2D eigenvalue weighted by Gasteiger charge is -2.00. The van der Waals surface area contributed by atoms with Crippen LogP contribution in [0.2, 0.25) is 5.22 Å². The number of hydrogen-bond acceptors (Lipinski definition) is 3. The number of furan rings is 1. The topological polar surface area (TPSA) is 51.5 Å². The number of halogens is 1. The van der Waals surface area contributed by atoms with Crippen LogP contribution in [0, 0.1) is 12.3 Å². The molecule has 1 aromatic rings. The third-order valence-corrected chi connectivity index (χ3v) is 1.48. The smallest absolute Gasteiger partial charge is 0.279 e. The number of nitrogens with one attached hydrogen (secondary N) is 1. The monoisotopic (exact) mass is 199 g/mol. The van der Waals surface area contributed by atoms with Crippen LogP contribution in [0.5, 0.6) is 0 Å². The molecule has 1 amide bonds. The van der Waals surface area contributed by atoms with Crippen LogP contribution in [0.1, 0.15) is 10.4 Å². The molecule has 0 fully saturated rings. The molecule has 68 valence electrons. The molecular formula is C8H6ClNO3. The van der Waals surface area contributed by atoms with Crippen molar-refractivity contribution in [1.29, 1.82) is 0 Å². The minimum absolute atomic E-state index is 0.00120. The van der Waals surface area contributed by atoms with Crippen molar-refractivity contribution in [3.8, 4) is 12.3 Å². The minimum atomic E-state index is -0.492. The van der Waals surface area contributed by atoms with E-state index in [1.54, 1.807) is 0 Å². The fourth-order valence-electron chi connectivity index (χ4n) is 0.654. The second-order valence-corrected chi connectivity index (χ2v) is 2.38.